The molecule has 0 aromatic heterocycles. The van der Waals surface area contributed by atoms with Crippen molar-refractivity contribution in [1.29, 1.82) is 5.26 Å². The van der Waals surface area contributed by atoms with Crippen molar-refractivity contribution >= 4 is 34.6 Å². The number of hydrogen-bond donors (Lipinski definition) is 2. The molecule has 0 bridgehead atoms. The lowest BCUT2D eigenvalue weighted by Crippen LogP contribution is -2.22. The Balaban J connectivity index is 3.00. The zero-order chi connectivity index (χ0) is 13.7. The third kappa shape index (κ3) is 3.16. The van der Waals surface area contributed by atoms with E-state index in [1.54, 1.807) is 0 Å². The summed E-state index contributed by atoms with van der Waals surface area (Å²) in [7, 11) is 0. The zero-order valence-corrected chi connectivity index (χ0v) is 9.51. The van der Waals surface area contributed by atoms with Gasteiger partial charge in [0.05, 0.1) is 10.6 Å². The van der Waals surface area contributed by atoms with Crippen LogP contribution < -0.4 is 11.2 Å². The van der Waals surface area contributed by atoms with Crippen LogP contribution in [-0.2, 0) is 4.79 Å². The maximum atomic E-state index is 10.7. The predicted octanol–water partition coefficient (Wildman–Crippen LogP) is 1.02. The third-order valence-corrected chi connectivity index (χ3v) is 2.10. The number of rotatable bonds is 4. The Morgan fingerprint density at radius 2 is 2.28 bits per heavy atom. The number of nitrogens with two attached hydrogens (primary N) is 1. The molecule has 1 aromatic carbocycles. The smallest absolute Gasteiger partial charge is 0.290 e. The van der Waals surface area contributed by atoms with Crippen molar-refractivity contribution in [3.8, 4) is 6.07 Å². The maximum absolute atomic E-state index is 10.7. The molecule has 0 radical (unpaired) electrons. The minimum atomic E-state index is -1.01. The van der Waals surface area contributed by atoms with Gasteiger partial charge < -0.3 is 5.73 Å². The van der Waals surface area contributed by atoms with E-state index in [4.69, 9.17) is 22.6 Å². The fraction of sp³-hybridized carbons (Fsp3) is 0. The van der Waals surface area contributed by atoms with E-state index >= 15 is 0 Å². The van der Waals surface area contributed by atoms with Gasteiger partial charge in [0, 0.05) is 6.07 Å². The quantitative estimate of drug-likeness (QED) is 0.477. The Labute approximate surface area is 106 Å². The highest BCUT2D eigenvalue weighted by Crippen LogP contribution is 2.27. The number of primary amides is 1. The van der Waals surface area contributed by atoms with E-state index in [-0.39, 0.29) is 16.4 Å². The lowest BCUT2D eigenvalue weighted by Gasteiger charge is -2.01. The number of carbonyl (C=O) groups is 1. The lowest BCUT2D eigenvalue weighted by molar-refractivity contribution is -0.384. The van der Waals surface area contributed by atoms with Crippen LogP contribution in [0, 0.1) is 21.4 Å². The highest BCUT2D eigenvalue weighted by Gasteiger charge is 2.13. The van der Waals surface area contributed by atoms with Crippen molar-refractivity contribution in [2.75, 3.05) is 5.43 Å². The number of nitro benzene ring substituents is 1. The SMILES string of the molecule is N#CC(=NNc1ccc(Cl)c([N+](=O)[O-])c1)C(N)=O. The topological polar surface area (TPSA) is 134 Å². The van der Waals surface area contributed by atoms with Gasteiger partial charge in [0.15, 0.2) is 0 Å². The summed E-state index contributed by atoms with van der Waals surface area (Å²) >= 11 is 5.60. The molecule has 0 aliphatic heterocycles. The second-order valence-corrected chi connectivity index (χ2v) is 3.38. The van der Waals surface area contributed by atoms with Gasteiger partial charge in [0.2, 0.25) is 5.71 Å². The summed E-state index contributed by atoms with van der Waals surface area (Å²) in [6.07, 6.45) is 0. The van der Waals surface area contributed by atoms with Gasteiger partial charge in [-0.05, 0) is 12.1 Å². The summed E-state index contributed by atoms with van der Waals surface area (Å²) in [6.45, 7) is 0. The van der Waals surface area contributed by atoms with E-state index in [2.05, 4.69) is 10.5 Å². The molecule has 0 saturated carbocycles. The number of hydrazone groups is 1. The van der Waals surface area contributed by atoms with Gasteiger partial charge >= 0.3 is 0 Å². The van der Waals surface area contributed by atoms with Gasteiger partial charge in [-0.2, -0.15) is 10.4 Å². The van der Waals surface area contributed by atoms with Gasteiger partial charge in [-0.25, -0.2) is 0 Å². The standard InChI is InChI=1S/C9H6ClN5O3/c10-6-2-1-5(3-8(6)15(17)18)13-14-7(4-11)9(12)16/h1-3,13H,(H2,12,16). The zero-order valence-electron chi connectivity index (χ0n) is 8.75. The molecule has 1 amide bonds. The van der Waals surface area contributed by atoms with E-state index in [1.807, 2.05) is 0 Å². The number of halogens is 1. The van der Waals surface area contributed by atoms with Crippen LogP contribution in [0.1, 0.15) is 0 Å². The van der Waals surface area contributed by atoms with Crippen LogP contribution in [-0.4, -0.2) is 16.5 Å². The van der Waals surface area contributed by atoms with E-state index in [1.165, 1.54) is 18.2 Å². The van der Waals surface area contributed by atoms with Crippen LogP contribution in [0.15, 0.2) is 23.3 Å². The molecule has 0 atom stereocenters. The van der Waals surface area contributed by atoms with Crippen LogP contribution in [0.5, 0.6) is 0 Å². The third-order valence-electron chi connectivity index (χ3n) is 1.78. The van der Waals surface area contributed by atoms with Crippen LogP contribution >= 0.6 is 11.6 Å². The molecule has 0 heterocycles. The molecule has 92 valence electrons. The fourth-order valence-corrected chi connectivity index (χ4v) is 1.16. The van der Waals surface area contributed by atoms with Gasteiger partial charge in [0.25, 0.3) is 11.6 Å². The van der Waals surface area contributed by atoms with E-state index in [9.17, 15) is 14.9 Å². The molecule has 18 heavy (non-hydrogen) atoms. The van der Waals surface area contributed by atoms with Gasteiger partial charge in [-0.15, -0.1) is 0 Å². The van der Waals surface area contributed by atoms with E-state index in [0.29, 0.717) is 0 Å². The van der Waals surface area contributed by atoms with Crippen molar-refractivity contribution < 1.29 is 9.72 Å². The van der Waals surface area contributed by atoms with Crippen molar-refractivity contribution in [2.45, 2.75) is 0 Å². The second kappa shape index (κ2) is 5.60. The van der Waals surface area contributed by atoms with Crippen molar-refractivity contribution in [3.05, 3.63) is 33.3 Å². The molecule has 1 aromatic rings. The summed E-state index contributed by atoms with van der Waals surface area (Å²) in [5.41, 5.74) is 6.47. The number of benzene rings is 1. The van der Waals surface area contributed by atoms with Crippen molar-refractivity contribution in [2.24, 2.45) is 10.8 Å². The Bertz CT molecular complexity index is 578. The van der Waals surface area contributed by atoms with E-state index < -0.39 is 16.5 Å². The number of hydrogen-bond acceptors (Lipinski definition) is 6. The van der Waals surface area contributed by atoms with Crippen LogP contribution in [0.4, 0.5) is 11.4 Å². The Kier molecular flexibility index (Phi) is 4.17. The summed E-state index contributed by atoms with van der Waals surface area (Å²) in [4.78, 5) is 20.6. The molecule has 0 aliphatic rings. The Hall–Kier alpha value is -2.66. The van der Waals surface area contributed by atoms with Gasteiger partial charge in [-0.3, -0.25) is 20.3 Å². The summed E-state index contributed by atoms with van der Waals surface area (Å²) in [5, 5.41) is 22.5. The number of nitrogens with zero attached hydrogens (tertiary/aromatic N) is 3. The predicted molar refractivity (Wildman–Crippen MR) is 64.0 cm³/mol. The molecule has 0 spiro atoms. The van der Waals surface area contributed by atoms with Crippen molar-refractivity contribution in [3.63, 3.8) is 0 Å². The molecule has 0 fully saturated rings. The monoisotopic (exact) mass is 267 g/mol. The molecule has 1 rings (SSSR count). The molecule has 8 nitrogen and oxygen atoms in total. The van der Waals surface area contributed by atoms with Crippen LogP contribution in [0.25, 0.3) is 0 Å². The van der Waals surface area contributed by atoms with Crippen molar-refractivity contribution in [1.82, 2.24) is 0 Å². The number of carbonyl (C=O) groups excluding carboxylic acids is 1. The first-order valence-corrected chi connectivity index (χ1v) is 4.81. The Morgan fingerprint density at radius 3 is 2.78 bits per heavy atom. The van der Waals surface area contributed by atoms with E-state index in [0.717, 1.165) is 6.07 Å². The highest BCUT2D eigenvalue weighted by molar-refractivity contribution is 6.44. The number of anilines is 1. The van der Waals surface area contributed by atoms with Crippen LogP contribution in [0.3, 0.4) is 0 Å². The molecular weight excluding hydrogens is 262 g/mol. The van der Waals surface area contributed by atoms with Gasteiger partial charge in [0.1, 0.15) is 11.1 Å². The first kappa shape index (κ1) is 13.4. The molecular formula is C9H6ClN5O3. The highest BCUT2D eigenvalue weighted by atomic mass is 35.5. The fourth-order valence-electron chi connectivity index (χ4n) is 0.978. The first-order valence-electron chi connectivity index (χ1n) is 4.43. The Morgan fingerprint density at radius 1 is 1.61 bits per heavy atom. The molecule has 3 N–H and O–H groups in total. The molecule has 9 heteroatoms. The van der Waals surface area contributed by atoms with Gasteiger partial charge in [-0.1, -0.05) is 11.6 Å². The molecule has 0 aliphatic carbocycles. The minimum Gasteiger partial charge on any atom is -0.364 e. The molecule has 0 saturated heterocycles. The lowest BCUT2D eigenvalue weighted by atomic mass is 10.3. The second-order valence-electron chi connectivity index (χ2n) is 2.97. The number of nitriles is 1. The average molecular weight is 268 g/mol. The number of amides is 1. The maximum Gasteiger partial charge on any atom is 0.290 e. The first-order chi connectivity index (χ1) is 8.45. The molecule has 0 unspecified atom stereocenters. The van der Waals surface area contributed by atoms with Crippen LogP contribution in [0.2, 0.25) is 5.02 Å². The minimum absolute atomic E-state index is 0.0371. The number of nitrogens with one attached hydrogen (secondary N) is 1. The normalized spacial score (nSPS) is 10.6. The average Bonchev–Trinajstić information content (AvgIpc) is 2.31. The summed E-state index contributed by atoms with van der Waals surface area (Å²) in [5.74, 6) is -1.01. The largest absolute Gasteiger partial charge is 0.364 e. The summed E-state index contributed by atoms with van der Waals surface area (Å²) in [6, 6.07) is 5.27. The summed E-state index contributed by atoms with van der Waals surface area (Å²) < 4.78 is 0. The number of nitro groups is 1.